The zero-order valence-corrected chi connectivity index (χ0v) is 14.9. The number of hydrogen-bond donors (Lipinski definition) is 4. The summed E-state index contributed by atoms with van der Waals surface area (Å²) in [7, 11) is 2.86. The number of fused-ring (bicyclic) bond motifs is 1. The normalized spacial score (nSPS) is 10.4. The monoisotopic (exact) mass is 371 g/mol. The van der Waals surface area contributed by atoms with Gasteiger partial charge in [0.05, 0.1) is 18.1 Å². The van der Waals surface area contributed by atoms with Gasteiger partial charge in [0, 0.05) is 22.5 Å². The van der Waals surface area contributed by atoms with Crippen LogP contribution in [0.4, 0.5) is 21.2 Å². The highest BCUT2D eigenvalue weighted by Crippen LogP contribution is 2.30. The maximum Gasteiger partial charge on any atom is 0.413 e. The lowest BCUT2D eigenvalue weighted by Gasteiger charge is -2.06. The summed E-state index contributed by atoms with van der Waals surface area (Å²) in [6, 6.07) is 13.0. The second kappa shape index (κ2) is 7.79. The van der Waals surface area contributed by atoms with Crippen LogP contribution in [0.1, 0.15) is 0 Å². The second-order valence-electron chi connectivity index (χ2n) is 5.21. The first-order valence-corrected chi connectivity index (χ1v) is 8.50. The lowest BCUT2D eigenvalue weighted by molar-refractivity contribution is 0.186. The average molecular weight is 371 g/mol. The molecule has 1 heterocycles. The van der Waals surface area contributed by atoms with Crippen molar-refractivity contribution in [3.63, 3.8) is 0 Å². The van der Waals surface area contributed by atoms with Crippen molar-refractivity contribution in [2.75, 3.05) is 24.8 Å². The standard InChI is InChI=1S/C17H17N5O3S/c1-18-16(23)19-10-3-5-11(6-4-10)26-12-7-8-13-14(9-12)21-15(20-13)22-17(24)25-2/h3-9H,1-2H3,(H2,18,19,23)(H2,20,21,22,24). The first-order valence-electron chi connectivity index (χ1n) is 7.69. The van der Waals surface area contributed by atoms with Gasteiger partial charge >= 0.3 is 12.1 Å². The van der Waals surface area contributed by atoms with E-state index in [2.05, 4.69) is 30.7 Å². The molecule has 0 saturated carbocycles. The predicted octanol–water partition coefficient (Wildman–Crippen LogP) is 3.64. The summed E-state index contributed by atoms with van der Waals surface area (Å²) in [6.45, 7) is 0. The van der Waals surface area contributed by atoms with E-state index in [9.17, 15) is 9.59 Å². The van der Waals surface area contributed by atoms with Gasteiger partial charge in [-0.05, 0) is 42.5 Å². The summed E-state index contributed by atoms with van der Waals surface area (Å²) in [5.41, 5.74) is 2.27. The van der Waals surface area contributed by atoms with E-state index in [1.807, 2.05) is 42.5 Å². The molecule has 0 aliphatic rings. The van der Waals surface area contributed by atoms with E-state index in [1.165, 1.54) is 7.11 Å². The molecule has 3 aromatic rings. The number of aromatic nitrogens is 2. The van der Waals surface area contributed by atoms with Gasteiger partial charge in [-0.25, -0.2) is 14.6 Å². The topological polar surface area (TPSA) is 108 Å². The number of rotatable bonds is 4. The smallest absolute Gasteiger partial charge is 0.413 e. The number of urea groups is 1. The van der Waals surface area contributed by atoms with Crippen molar-refractivity contribution in [3.05, 3.63) is 42.5 Å². The number of methoxy groups -OCH3 is 1. The van der Waals surface area contributed by atoms with Crippen LogP contribution in [0.25, 0.3) is 11.0 Å². The number of anilines is 2. The average Bonchev–Trinajstić information content (AvgIpc) is 3.04. The fourth-order valence-corrected chi connectivity index (χ4v) is 3.05. The molecule has 26 heavy (non-hydrogen) atoms. The molecule has 0 atom stereocenters. The third-order valence-electron chi connectivity index (χ3n) is 3.43. The molecule has 0 saturated heterocycles. The van der Waals surface area contributed by atoms with Gasteiger partial charge in [0.1, 0.15) is 0 Å². The van der Waals surface area contributed by atoms with Gasteiger partial charge in [0.2, 0.25) is 5.95 Å². The number of aromatic amines is 1. The van der Waals surface area contributed by atoms with Crippen molar-refractivity contribution in [3.8, 4) is 0 Å². The predicted molar refractivity (Wildman–Crippen MR) is 101 cm³/mol. The van der Waals surface area contributed by atoms with Crippen molar-refractivity contribution in [2.24, 2.45) is 0 Å². The summed E-state index contributed by atoms with van der Waals surface area (Å²) in [5, 5.41) is 7.72. The lowest BCUT2D eigenvalue weighted by Crippen LogP contribution is -2.24. The number of H-pyrrole nitrogens is 1. The number of ether oxygens (including phenoxy) is 1. The summed E-state index contributed by atoms with van der Waals surface area (Å²) < 4.78 is 4.55. The Morgan fingerprint density at radius 2 is 1.81 bits per heavy atom. The molecule has 0 unspecified atom stereocenters. The Kier molecular flexibility index (Phi) is 5.28. The quantitative estimate of drug-likeness (QED) is 0.560. The van der Waals surface area contributed by atoms with Crippen LogP contribution in [-0.2, 0) is 4.74 Å². The van der Waals surface area contributed by atoms with E-state index < -0.39 is 6.09 Å². The van der Waals surface area contributed by atoms with Crippen LogP contribution in [-0.4, -0.2) is 36.2 Å². The Labute approximate surface area is 153 Å². The first kappa shape index (κ1) is 17.6. The molecule has 134 valence electrons. The van der Waals surface area contributed by atoms with Crippen LogP contribution in [0, 0.1) is 0 Å². The van der Waals surface area contributed by atoms with Gasteiger partial charge in [-0.1, -0.05) is 11.8 Å². The van der Waals surface area contributed by atoms with Crippen LogP contribution < -0.4 is 16.0 Å². The molecule has 0 aliphatic heterocycles. The largest absolute Gasteiger partial charge is 0.453 e. The Hall–Kier alpha value is -3.20. The minimum atomic E-state index is -0.580. The zero-order valence-electron chi connectivity index (χ0n) is 14.1. The molecule has 0 aliphatic carbocycles. The van der Waals surface area contributed by atoms with Gasteiger partial charge in [-0.15, -0.1) is 0 Å². The number of amides is 3. The highest BCUT2D eigenvalue weighted by molar-refractivity contribution is 7.99. The van der Waals surface area contributed by atoms with Crippen molar-refractivity contribution < 1.29 is 14.3 Å². The number of nitrogens with one attached hydrogen (secondary N) is 4. The third kappa shape index (κ3) is 4.25. The van der Waals surface area contributed by atoms with Crippen LogP contribution in [0.5, 0.6) is 0 Å². The fourth-order valence-electron chi connectivity index (χ4n) is 2.20. The van der Waals surface area contributed by atoms with E-state index in [4.69, 9.17) is 0 Å². The first-order chi connectivity index (χ1) is 12.6. The summed E-state index contributed by atoms with van der Waals surface area (Å²) in [6.07, 6.45) is -0.580. The van der Waals surface area contributed by atoms with Crippen LogP contribution >= 0.6 is 11.8 Å². The zero-order chi connectivity index (χ0) is 18.5. The number of carbonyl (C=O) groups is 2. The number of nitrogens with zero attached hydrogens (tertiary/aromatic N) is 1. The summed E-state index contributed by atoms with van der Waals surface area (Å²) in [5.74, 6) is 0.332. The minimum Gasteiger partial charge on any atom is -0.453 e. The van der Waals surface area contributed by atoms with Crippen molar-refractivity contribution in [1.29, 1.82) is 0 Å². The highest BCUT2D eigenvalue weighted by Gasteiger charge is 2.08. The maximum atomic E-state index is 11.3. The van der Waals surface area contributed by atoms with Crippen LogP contribution in [0.2, 0.25) is 0 Å². The number of benzene rings is 2. The highest BCUT2D eigenvalue weighted by atomic mass is 32.2. The number of imidazole rings is 1. The Morgan fingerprint density at radius 3 is 2.50 bits per heavy atom. The van der Waals surface area contributed by atoms with Crippen molar-refractivity contribution in [2.45, 2.75) is 9.79 Å². The molecule has 9 heteroatoms. The Balaban J connectivity index is 1.72. The minimum absolute atomic E-state index is 0.258. The van der Waals surface area contributed by atoms with E-state index in [0.717, 1.165) is 26.5 Å². The van der Waals surface area contributed by atoms with E-state index in [-0.39, 0.29) is 6.03 Å². The molecule has 8 nitrogen and oxygen atoms in total. The molecule has 3 rings (SSSR count). The maximum absolute atomic E-state index is 11.3. The number of carbonyl (C=O) groups excluding carboxylic acids is 2. The Morgan fingerprint density at radius 1 is 1.08 bits per heavy atom. The van der Waals surface area contributed by atoms with Crippen molar-refractivity contribution >= 4 is 46.6 Å². The second-order valence-corrected chi connectivity index (χ2v) is 6.36. The molecule has 4 N–H and O–H groups in total. The van der Waals surface area contributed by atoms with E-state index in [0.29, 0.717) is 5.95 Å². The summed E-state index contributed by atoms with van der Waals surface area (Å²) >= 11 is 1.58. The molecule has 0 fully saturated rings. The van der Waals surface area contributed by atoms with Gasteiger partial charge in [0.25, 0.3) is 0 Å². The fraction of sp³-hybridized carbons (Fsp3) is 0.118. The van der Waals surface area contributed by atoms with Crippen LogP contribution in [0.3, 0.4) is 0 Å². The van der Waals surface area contributed by atoms with Gasteiger partial charge < -0.3 is 20.4 Å². The van der Waals surface area contributed by atoms with Gasteiger partial charge in [-0.3, -0.25) is 5.32 Å². The van der Waals surface area contributed by atoms with E-state index >= 15 is 0 Å². The third-order valence-corrected chi connectivity index (χ3v) is 4.43. The molecule has 0 radical (unpaired) electrons. The van der Waals surface area contributed by atoms with Crippen LogP contribution in [0.15, 0.2) is 52.3 Å². The molecule has 2 aromatic carbocycles. The Bertz CT molecular complexity index is 939. The van der Waals surface area contributed by atoms with Gasteiger partial charge in [0.15, 0.2) is 0 Å². The van der Waals surface area contributed by atoms with Gasteiger partial charge in [-0.2, -0.15) is 0 Å². The van der Waals surface area contributed by atoms with Crippen molar-refractivity contribution in [1.82, 2.24) is 15.3 Å². The molecule has 3 amide bonds. The van der Waals surface area contributed by atoms with E-state index in [1.54, 1.807) is 18.8 Å². The SMILES string of the molecule is CNC(=O)Nc1ccc(Sc2ccc3nc(NC(=O)OC)[nH]c3c2)cc1. The summed E-state index contributed by atoms with van der Waals surface area (Å²) in [4.78, 5) is 31.9. The lowest BCUT2D eigenvalue weighted by atomic mass is 10.3. The molecule has 1 aromatic heterocycles. The molecular weight excluding hydrogens is 354 g/mol. The molecular formula is C17H17N5O3S. The molecule has 0 bridgehead atoms. The number of hydrogen-bond acceptors (Lipinski definition) is 5. The molecule has 0 spiro atoms.